The number of unbranched alkanes of at least 4 members (excludes halogenated alkanes) is 1. The lowest BCUT2D eigenvalue weighted by molar-refractivity contribution is -0.145. The molecular formula is C19H26N2O4. The number of carbonyl (C=O) groups excluding carboxylic acids is 3. The largest absolute Gasteiger partial charge is 0.467 e. The summed E-state index contributed by atoms with van der Waals surface area (Å²) in [4.78, 5) is 35.9. The third-order valence-electron chi connectivity index (χ3n) is 3.68. The van der Waals surface area contributed by atoms with Crippen molar-refractivity contribution < 1.29 is 19.1 Å². The predicted molar refractivity (Wildman–Crippen MR) is 95.7 cm³/mol. The van der Waals surface area contributed by atoms with E-state index in [9.17, 15) is 14.4 Å². The number of ether oxygens (including phenoxy) is 1. The second-order valence-corrected chi connectivity index (χ2v) is 5.75. The van der Waals surface area contributed by atoms with Crippen LogP contribution in [0.5, 0.6) is 0 Å². The van der Waals surface area contributed by atoms with E-state index in [-0.39, 0.29) is 5.91 Å². The van der Waals surface area contributed by atoms with Crippen LogP contribution in [0, 0.1) is 0 Å². The minimum absolute atomic E-state index is 0.308. The van der Waals surface area contributed by atoms with Crippen molar-refractivity contribution in [1.29, 1.82) is 0 Å². The van der Waals surface area contributed by atoms with Gasteiger partial charge in [0, 0.05) is 13.3 Å². The summed E-state index contributed by atoms with van der Waals surface area (Å²) in [6.07, 6.45) is 3.98. The van der Waals surface area contributed by atoms with Crippen molar-refractivity contribution >= 4 is 17.8 Å². The fourth-order valence-corrected chi connectivity index (χ4v) is 2.43. The molecule has 0 spiro atoms. The van der Waals surface area contributed by atoms with Gasteiger partial charge in [0.25, 0.3) is 0 Å². The number of amides is 2. The molecule has 0 saturated heterocycles. The average molecular weight is 346 g/mol. The smallest absolute Gasteiger partial charge is 0.328 e. The Kier molecular flexibility index (Phi) is 9.00. The Bertz CT molecular complexity index is 586. The van der Waals surface area contributed by atoms with Crippen molar-refractivity contribution in [1.82, 2.24) is 10.6 Å². The summed E-state index contributed by atoms with van der Waals surface area (Å²) in [6.45, 7) is 4.99. The van der Waals surface area contributed by atoms with Gasteiger partial charge in [0.05, 0.1) is 7.11 Å². The summed E-state index contributed by atoms with van der Waals surface area (Å²) in [5, 5.41) is 5.33. The quantitative estimate of drug-likeness (QED) is 0.384. The molecule has 1 aromatic rings. The Morgan fingerprint density at radius 3 is 2.40 bits per heavy atom. The van der Waals surface area contributed by atoms with E-state index in [2.05, 4.69) is 17.2 Å². The molecule has 0 aliphatic carbocycles. The molecule has 0 saturated carbocycles. The molecule has 0 aromatic heterocycles. The Morgan fingerprint density at radius 1 is 1.16 bits per heavy atom. The van der Waals surface area contributed by atoms with E-state index in [1.165, 1.54) is 14.0 Å². The maximum absolute atomic E-state index is 12.6. The highest BCUT2D eigenvalue weighted by atomic mass is 16.5. The number of nitrogens with one attached hydrogen (secondary N) is 2. The van der Waals surface area contributed by atoms with Crippen LogP contribution < -0.4 is 10.6 Å². The third-order valence-corrected chi connectivity index (χ3v) is 3.68. The van der Waals surface area contributed by atoms with Crippen LogP contribution >= 0.6 is 0 Å². The minimum atomic E-state index is -0.758. The lowest BCUT2D eigenvalue weighted by atomic mass is 10.0. The van der Waals surface area contributed by atoms with E-state index in [0.717, 1.165) is 12.0 Å². The number of rotatable bonds is 10. The van der Waals surface area contributed by atoms with Crippen molar-refractivity contribution in [2.75, 3.05) is 7.11 Å². The topological polar surface area (TPSA) is 84.5 Å². The van der Waals surface area contributed by atoms with Gasteiger partial charge in [-0.15, -0.1) is 6.58 Å². The van der Waals surface area contributed by atoms with E-state index in [4.69, 9.17) is 4.74 Å². The first-order chi connectivity index (χ1) is 12.0. The number of allylic oxidation sites excluding steroid dienone is 1. The second kappa shape index (κ2) is 11.0. The number of hydrogen-bond acceptors (Lipinski definition) is 4. The molecule has 0 bridgehead atoms. The molecule has 0 aliphatic heterocycles. The van der Waals surface area contributed by atoms with Crippen LogP contribution in [0.15, 0.2) is 43.0 Å². The Morgan fingerprint density at radius 2 is 1.84 bits per heavy atom. The van der Waals surface area contributed by atoms with Crippen molar-refractivity contribution in [2.45, 2.75) is 44.7 Å². The monoisotopic (exact) mass is 346 g/mol. The molecular weight excluding hydrogens is 320 g/mol. The van der Waals surface area contributed by atoms with Crippen LogP contribution in [-0.2, 0) is 25.5 Å². The standard InChI is InChI=1S/C19H26N2O4/c1-4-5-7-12-16(19(24)25-3)21-18(23)17(20-14(2)22)13-15-10-8-6-9-11-15/h4,6,8-11,16-17H,1,5,7,12-13H2,2-3H3,(H,20,22)(H,21,23)/t16-,17-/m0/s1. The molecule has 6 nitrogen and oxygen atoms in total. The van der Waals surface area contributed by atoms with Crippen LogP contribution in [-0.4, -0.2) is 37.0 Å². The molecule has 0 fully saturated rings. The summed E-state index contributed by atoms with van der Waals surface area (Å²) in [5.41, 5.74) is 0.915. The Balaban J connectivity index is 2.80. The molecule has 1 aromatic carbocycles. The summed E-state index contributed by atoms with van der Waals surface area (Å²) in [7, 11) is 1.28. The Labute approximate surface area is 148 Å². The van der Waals surface area contributed by atoms with Crippen molar-refractivity contribution in [3.8, 4) is 0 Å². The molecule has 136 valence electrons. The van der Waals surface area contributed by atoms with Gasteiger partial charge in [-0.2, -0.15) is 0 Å². The number of benzene rings is 1. The van der Waals surface area contributed by atoms with Gasteiger partial charge in [-0.1, -0.05) is 36.4 Å². The van der Waals surface area contributed by atoms with Gasteiger partial charge >= 0.3 is 5.97 Å². The van der Waals surface area contributed by atoms with Crippen LogP contribution in [0.2, 0.25) is 0 Å². The maximum atomic E-state index is 12.6. The van der Waals surface area contributed by atoms with Gasteiger partial charge in [0.2, 0.25) is 11.8 Å². The normalized spacial score (nSPS) is 12.6. The molecule has 6 heteroatoms. The lowest BCUT2D eigenvalue weighted by Crippen LogP contribution is -2.52. The van der Waals surface area contributed by atoms with E-state index >= 15 is 0 Å². The van der Waals surface area contributed by atoms with E-state index < -0.39 is 24.0 Å². The third kappa shape index (κ3) is 7.65. The molecule has 0 radical (unpaired) electrons. The summed E-state index contributed by atoms with van der Waals surface area (Å²) in [5.74, 6) is -1.22. The van der Waals surface area contributed by atoms with Crippen LogP contribution in [0.25, 0.3) is 0 Å². The highest BCUT2D eigenvalue weighted by Crippen LogP contribution is 2.07. The van der Waals surface area contributed by atoms with Crippen molar-refractivity contribution in [3.05, 3.63) is 48.6 Å². The number of esters is 1. The molecule has 0 heterocycles. The van der Waals surface area contributed by atoms with Gasteiger partial charge < -0.3 is 15.4 Å². The molecule has 2 N–H and O–H groups in total. The van der Waals surface area contributed by atoms with Gasteiger partial charge in [-0.3, -0.25) is 9.59 Å². The van der Waals surface area contributed by atoms with Gasteiger partial charge in [-0.05, 0) is 24.8 Å². The van der Waals surface area contributed by atoms with E-state index in [0.29, 0.717) is 19.3 Å². The first-order valence-electron chi connectivity index (χ1n) is 8.28. The minimum Gasteiger partial charge on any atom is -0.467 e. The fourth-order valence-electron chi connectivity index (χ4n) is 2.43. The molecule has 25 heavy (non-hydrogen) atoms. The van der Waals surface area contributed by atoms with Gasteiger partial charge in [0.15, 0.2) is 0 Å². The lowest BCUT2D eigenvalue weighted by Gasteiger charge is -2.22. The highest BCUT2D eigenvalue weighted by Gasteiger charge is 2.26. The summed E-state index contributed by atoms with van der Waals surface area (Å²) < 4.78 is 4.76. The summed E-state index contributed by atoms with van der Waals surface area (Å²) in [6, 6.07) is 7.86. The molecule has 1 rings (SSSR count). The molecule has 2 atom stereocenters. The van der Waals surface area contributed by atoms with Gasteiger partial charge in [-0.25, -0.2) is 4.79 Å². The Hall–Kier alpha value is -2.63. The van der Waals surface area contributed by atoms with Gasteiger partial charge in [0.1, 0.15) is 12.1 Å². The van der Waals surface area contributed by atoms with E-state index in [1.807, 2.05) is 30.3 Å². The first kappa shape index (κ1) is 20.4. The molecule has 0 unspecified atom stereocenters. The molecule has 2 amide bonds. The zero-order valence-corrected chi connectivity index (χ0v) is 14.8. The zero-order chi connectivity index (χ0) is 18.7. The zero-order valence-electron chi connectivity index (χ0n) is 14.8. The van der Waals surface area contributed by atoms with Crippen molar-refractivity contribution in [2.24, 2.45) is 0 Å². The average Bonchev–Trinajstić information content (AvgIpc) is 2.60. The fraction of sp³-hybridized carbons (Fsp3) is 0.421. The predicted octanol–water partition coefficient (Wildman–Crippen LogP) is 1.75. The first-order valence-corrected chi connectivity index (χ1v) is 8.28. The number of hydrogen-bond donors (Lipinski definition) is 2. The van der Waals surface area contributed by atoms with Crippen LogP contribution in [0.1, 0.15) is 31.7 Å². The van der Waals surface area contributed by atoms with Crippen LogP contribution in [0.4, 0.5) is 0 Å². The van der Waals surface area contributed by atoms with Crippen LogP contribution in [0.3, 0.4) is 0 Å². The second-order valence-electron chi connectivity index (χ2n) is 5.75. The SMILES string of the molecule is C=CCCC[C@H](NC(=O)[C@H](Cc1ccccc1)NC(C)=O)C(=O)OC. The molecule has 0 aliphatic rings. The summed E-state index contributed by atoms with van der Waals surface area (Å²) >= 11 is 0. The number of carbonyl (C=O) groups is 3. The highest BCUT2D eigenvalue weighted by molar-refractivity contribution is 5.90. The van der Waals surface area contributed by atoms with E-state index in [1.54, 1.807) is 6.08 Å². The number of methoxy groups -OCH3 is 1. The maximum Gasteiger partial charge on any atom is 0.328 e. The van der Waals surface area contributed by atoms with Crippen molar-refractivity contribution in [3.63, 3.8) is 0 Å².